The Hall–Kier alpha value is -3.76. The maximum absolute atomic E-state index is 14.9. The van der Waals surface area contributed by atoms with Crippen molar-refractivity contribution in [3.8, 4) is 0 Å². The van der Waals surface area contributed by atoms with Crippen LogP contribution in [-0.2, 0) is 9.53 Å². The summed E-state index contributed by atoms with van der Waals surface area (Å²) in [6, 6.07) is 8.59. The van der Waals surface area contributed by atoms with Gasteiger partial charge in [0.25, 0.3) is 5.91 Å². The van der Waals surface area contributed by atoms with E-state index in [0.717, 1.165) is 24.5 Å². The molecule has 204 valence electrons. The summed E-state index contributed by atoms with van der Waals surface area (Å²) in [5.74, 6) is -3.03. The van der Waals surface area contributed by atoms with Crippen molar-refractivity contribution in [3.63, 3.8) is 0 Å². The Morgan fingerprint density at radius 1 is 1.21 bits per heavy atom. The molecule has 0 aromatic heterocycles. The van der Waals surface area contributed by atoms with Crippen molar-refractivity contribution >= 4 is 35.1 Å². The lowest BCUT2D eigenvalue weighted by atomic mass is 9.91. The molecule has 1 unspecified atom stereocenters. The number of halogens is 2. The second kappa shape index (κ2) is 10.8. The number of allylic oxidation sites excluding steroid dienone is 2. The van der Waals surface area contributed by atoms with E-state index in [1.807, 2.05) is 6.07 Å². The van der Waals surface area contributed by atoms with Crippen molar-refractivity contribution in [1.29, 1.82) is 5.41 Å². The molecule has 9 nitrogen and oxygen atoms in total. The van der Waals surface area contributed by atoms with Gasteiger partial charge in [-0.2, -0.15) is 0 Å². The Morgan fingerprint density at radius 3 is 2.59 bits per heavy atom. The molecule has 4 N–H and O–H groups in total. The van der Waals surface area contributed by atoms with Gasteiger partial charge in [-0.1, -0.05) is 23.7 Å². The number of aromatic carboxylic acids is 1. The van der Waals surface area contributed by atoms with Gasteiger partial charge in [0.1, 0.15) is 5.82 Å². The van der Waals surface area contributed by atoms with Gasteiger partial charge >= 0.3 is 5.97 Å². The van der Waals surface area contributed by atoms with Gasteiger partial charge in [0, 0.05) is 44.4 Å². The molecule has 1 saturated heterocycles. The Kier molecular flexibility index (Phi) is 7.42. The van der Waals surface area contributed by atoms with Crippen molar-refractivity contribution in [1.82, 2.24) is 15.5 Å². The molecule has 0 spiro atoms. The number of methoxy groups -OCH3 is 1. The van der Waals surface area contributed by atoms with Crippen LogP contribution in [0.25, 0.3) is 0 Å². The van der Waals surface area contributed by atoms with E-state index in [1.165, 1.54) is 12.1 Å². The van der Waals surface area contributed by atoms with Gasteiger partial charge in [-0.05, 0) is 48.6 Å². The number of hydrogen-bond donors (Lipinski definition) is 4. The summed E-state index contributed by atoms with van der Waals surface area (Å²) >= 11 is 6.44. The number of carbonyl (C=O) groups is 3. The van der Waals surface area contributed by atoms with Crippen LogP contribution in [0.1, 0.15) is 57.0 Å². The van der Waals surface area contributed by atoms with Crippen molar-refractivity contribution in [2.75, 3.05) is 26.7 Å². The number of benzene rings is 2. The number of amides is 2. The van der Waals surface area contributed by atoms with E-state index in [4.69, 9.17) is 26.9 Å². The fourth-order valence-electron chi connectivity index (χ4n) is 5.01. The number of nitrogens with one attached hydrogen (secondary N) is 3. The van der Waals surface area contributed by atoms with E-state index in [9.17, 15) is 18.8 Å². The Balaban J connectivity index is 1.47. The molecule has 2 fully saturated rings. The molecule has 0 radical (unpaired) electrons. The Labute approximate surface area is 229 Å². The second-order valence-electron chi connectivity index (χ2n) is 10.0. The van der Waals surface area contributed by atoms with Crippen LogP contribution in [0.3, 0.4) is 0 Å². The van der Waals surface area contributed by atoms with Crippen LogP contribution in [0.15, 0.2) is 47.8 Å². The number of carbonyl (C=O) groups excluding carboxylic acids is 2. The lowest BCUT2D eigenvalue weighted by molar-refractivity contribution is -0.147. The molecular weight excluding hydrogens is 527 g/mol. The van der Waals surface area contributed by atoms with Crippen molar-refractivity contribution in [3.05, 3.63) is 80.9 Å². The molecule has 0 bridgehead atoms. The van der Waals surface area contributed by atoms with E-state index in [0.29, 0.717) is 23.7 Å². The van der Waals surface area contributed by atoms with Crippen molar-refractivity contribution < 1.29 is 28.6 Å². The monoisotopic (exact) mass is 554 g/mol. The first-order valence-corrected chi connectivity index (χ1v) is 13.1. The third-order valence-corrected chi connectivity index (χ3v) is 7.72. The summed E-state index contributed by atoms with van der Waals surface area (Å²) in [6.07, 6.45) is 2.02. The quantitative estimate of drug-likeness (QED) is 0.369. The summed E-state index contributed by atoms with van der Waals surface area (Å²) in [5, 5.41) is 24.1. The summed E-state index contributed by atoms with van der Waals surface area (Å²) in [4.78, 5) is 39.6. The number of rotatable bonds is 8. The third kappa shape index (κ3) is 5.39. The zero-order chi connectivity index (χ0) is 27.8. The van der Waals surface area contributed by atoms with Crippen molar-refractivity contribution in [2.45, 2.75) is 31.3 Å². The molecule has 2 aromatic carbocycles. The molecule has 1 atom stereocenters. The molecule has 2 heterocycles. The summed E-state index contributed by atoms with van der Waals surface area (Å²) in [7, 11) is 1.59. The minimum absolute atomic E-state index is 0.0122. The maximum atomic E-state index is 14.9. The smallest absolute Gasteiger partial charge is 0.335 e. The highest BCUT2D eigenvalue weighted by molar-refractivity contribution is 6.34. The van der Waals surface area contributed by atoms with E-state index < -0.39 is 23.6 Å². The lowest BCUT2D eigenvalue weighted by Crippen LogP contribution is -2.57. The zero-order valence-electron chi connectivity index (χ0n) is 21.2. The van der Waals surface area contributed by atoms with Crippen LogP contribution in [0.5, 0.6) is 0 Å². The first kappa shape index (κ1) is 26.8. The van der Waals surface area contributed by atoms with E-state index in [2.05, 4.69) is 10.6 Å². The predicted molar refractivity (Wildman–Crippen MR) is 142 cm³/mol. The summed E-state index contributed by atoms with van der Waals surface area (Å²) in [5.41, 5.74) is 0.960. The largest absolute Gasteiger partial charge is 0.478 e. The van der Waals surface area contributed by atoms with Crippen molar-refractivity contribution in [2.24, 2.45) is 5.92 Å². The number of likely N-dealkylation sites (tertiary alicyclic amines) is 1. The topological polar surface area (TPSA) is 132 Å². The van der Waals surface area contributed by atoms with Gasteiger partial charge in [0.05, 0.1) is 39.6 Å². The highest BCUT2D eigenvalue weighted by Crippen LogP contribution is 2.43. The third-order valence-electron chi connectivity index (χ3n) is 7.41. The standard InChI is InChI=1S/C28H28ClFN4O5/c1-39-17-12-34(13-17)27(36)16-10-22(33-26(35)23-18(14-5-6-14)3-2-4-20(23)29)25(32-11-16)24(31)19-8-7-15(28(37)38)9-21(19)30/h2-4,7-9,14,16-17,31-32H,5-6,10-13H2,1H3,(H,33,35)(H,37,38). The van der Waals surface area contributed by atoms with Gasteiger partial charge in [0.15, 0.2) is 0 Å². The average molecular weight is 555 g/mol. The first-order chi connectivity index (χ1) is 18.7. The number of carboxylic acids is 1. The highest BCUT2D eigenvalue weighted by Gasteiger charge is 2.38. The number of ether oxygens (including phenoxy) is 1. The Morgan fingerprint density at radius 2 is 1.95 bits per heavy atom. The average Bonchev–Trinajstić information content (AvgIpc) is 3.73. The van der Waals surface area contributed by atoms with Gasteiger partial charge in [0.2, 0.25) is 5.91 Å². The molecule has 5 rings (SSSR count). The Bertz CT molecular complexity index is 1400. The molecule has 1 aliphatic carbocycles. The molecule has 1 saturated carbocycles. The van der Waals surface area contributed by atoms with Crippen LogP contribution >= 0.6 is 11.6 Å². The SMILES string of the molecule is COC1CN(C(=O)C2CNC(C(=N)c3ccc(C(=O)O)cc3F)=C(NC(=O)c3c(Cl)cccc3C3CC3)C2)C1. The molecule has 39 heavy (non-hydrogen) atoms. The number of nitrogens with zero attached hydrogens (tertiary/aromatic N) is 1. The van der Waals surface area contributed by atoms with Crippen LogP contribution < -0.4 is 10.6 Å². The molecule has 11 heteroatoms. The highest BCUT2D eigenvalue weighted by atomic mass is 35.5. The number of hydrogen-bond acceptors (Lipinski definition) is 6. The molecule has 2 aliphatic heterocycles. The van der Waals surface area contributed by atoms with Gasteiger partial charge in [-0.3, -0.25) is 15.0 Å². The van der Waals surface area contributed by atoms with E-state index >= 15 is 0 Å². The van der Waals surface area contributed by atoms with E-state index in [-0.39, 0.29) is 59.1 Å². The van der Waals surface area contributed by atoms with Gasteiger partial charge in [-0.25, -0.2) is 9.18 Å². The second-order valence-corrected chi connectivity index (χ2v) is 10.5. The van der Waals surface area contributed by atoms with Crippen LogP contribution in [0.2, 0.25) is 5.02 Å². The molecule has 2 aromatic rings. The maximum Gasteiger partial charge on any atom is 0.335 e. The normalized spacial score (nSPS) is 19.3. The zero-order valence-corrected chi connectivity index (χ0v) is 22.0. The molecular formula is C28H28ClFN4O5. The van der Waals surface area contributed by atoms with Crippen LogP contribution in [0.4, 0.5) is 4.39 Å². The fourth-order valence-corrected chi connectivity index (χ4v) is 5.27. The number of carboxylic acid groups (broad SMARTS) is 1. The first-order valence-electron chi connectivity index (χ1n) is 12.7. The minimum atomic E-state index is -1.29. The van der Waals surface area contributed by atoms with Gasteiger partial charge in [-0.15, -0.1) is 0 Å². The summed E-state index contributed by atoms with van der Waals surface area (Å²) < 4.78 is 20.1. The lowest BCUT2D eigenvalue weighted by Gasteiger charge is -2.41. The molecule has 2 amide bonds. The van der Waals surface area contributed by atoms with Crippen LogP contribution in [-0.4, -0.2) is 66.3 Å². The van der Waals surface area contributed by atoms with E-state index in [1.54, 1.807) is 24.1 Å². The fraction of sp³-hybridized carbons (Fsp3) is 0.357. The summed E-state index contributed by atoms with van der Waals surface area (Å²) in [6.45, 7) is 1.13. The predicted octanol–water partition coefficient (Wildman–Crippen LogP) is 3.53. The minimum Gasteiger partial charge on any atom is -0.478 e. The molecule has 3 aliphatic rings. The van der Waals surface area contributed by atoms with Crippen LogP contribution in [0, 0.1) is 17.1 Å². The van der Waals surface area contributed by atoms with Gasteiger partial charge < -0.3 is 25.4 Å².